The molecule has 0 saturated carbocycles. The average Bonchev–Trinajstić information content (AvgIpc) is 2.71. The third-order valence-corrected chi connectivity index (χ3v) is 2.13. The van der Waals surface area contributed by atoms with Gasteiger partial charge >= 0.3 is 5.97 Å². The van der Waals surface area contributed by atoms with E-state index in [4.69, 9.17) is 25.5 Å². The van der Waals surface area contributed by atoms with E-state index in [0.717, 1.165) is 0 Å². The Bertz CT molecular complexity index is 514. The van der Waals surface area contributed by atoms with Crippen LogP contribution in [0.1, 0.15) is 16.2 Å². The molecule has 1 N–H and O–H groups in total. The van der Waals surface area contributed by atoms with Crippen LogP contribution >= 0.6 is 11.6 Å². The van der Waals surface area contributed by atoms with Crippen LogP contribution in [-0.2, 0) is 0 Å². The Hall–Kier alpha value is -1.75. The van der Waals surface area contributed by atoms with Crippen LogP contribution in [0.2, 0.25) is 5.22 Å². The lowest BCUT2D eigenvalue weighted by Gasteiger charge is -1.88. The number of aromatic carboxylic acids is 1. The predicted molar refractivity (Wildman–Crippen MR) is 50.9 cm³/mol. The quantitative estimate of drug-likeness (QED) is 0.853. The SMILES string of the molecule is Cc1nc(-c2ccoc2Cl)oc1C(=O)O. The van der Waals surface area contributed by atoms with Crippen molar-refractivity contribution in [3.8, 4) is 11.5 Å². The molecule has 0 bridgehead atoms. The van der Waals surface area contributed by atoms with Crippen LogP contribution in [0.5, 0.6) is 0 Å². The molecular formula is C9H6ClNO4. The summed E-state index contributed by atoms with van der Waals surface area (Å²) in [6, 6.07) is 1.55. The molecule has 15 heavy (non-hydrogen) atoms. The number of nitrogens with zero attached hydrogens (tertiary/aromatic N) is 1. The molecule has 0 aromatic carbocycles. The normalized spacial score (nSPS) is 10.5. The number of aryl methyl sites for hydroxylation is 1. The molecule has 0 fully saturated rings. The van der Waals surface area contributed by atoms with Crippen molar-refractivity contribution in [2.45, 2.75) is 6.92 Å². The second-order valence-electron chi connectivity index (χ2n) is 2.85. The fraction of sp³-hybridized carbons (Fsp3) is 0.111. The van der Waals surface area contributed by atoms with Crippen LogP contribution in [0.4, 0.5) is 0 Å². The van der Waals surface area contributed by atoms with Gasteiger partial charge in [0.25, 0.3) is 0 Å². The summed E-state index contributed by atoms with van der Waals surface area (Å²) in [5, 5.41) is 8.87. The maximum Gasteiger partial charge on any atom is 0.373 e. The van der Waals surface area contributed by atoms with Gasteiger partial charge in [-0.05, 0) is 24.6 Å². The number of hydrogen-bond acceptors (Lipinski definition) is 4. The summed E-state index contributed by atoms with van der Waals surface area (Å²) in [4.78, 5) is 14.6. The predicted octanol–water partition coefficient (Wildman–Crippen LogP) is 2.59. The molecule has 2 aromatic heterocycles. The van der Waals surface area contributed by atoms with Gasteiger partial charge in [0.1, 0.15) is 0 Å². The molecule has 0 aliphatic carbocycles. The van der Waals surface area contributed by atoms with E-state index in [1.54, 1.807) is 13.0 Å². The Balaban J connectivity index is 2.52. The van der Waals surface area contributed by atoms with E-state index in [2.05, 4.69) is 4.98 Å². The minimum atomic E-state index is -1.16. The zero-order valence-corrected chi connectivity index (χ0v) is 8.41. The maximum atomic E-state index is 10.7. The van der Waals surface area contributed by atoms with Crippen molar-refractivity contribution in [1.29, 1.82) is 0 Å². The number of carboxylic acid groups (broad SMARTS) is 1. The number of hydrogen-bond donors (Lipinski definition) is 1. The summed E-state index contributed by atoms with van der Waals surface area (Å²) in [6.45, 7) is 1.55. The van der Waals surface area contributed by atoms with E-state index in [1.165, 1.54) is 6.26 Å². The van der Waals surface area contributed by atoms with Crippen LogP contribution in [0, 0.1) is 6.92 Å². The Kier molecular flexibility index (Phi) is 2.24. The van der Waals surface area contributed by atoms with Crippen molar-refractivity contribution in [1.82, 2.24) is 4.98 Å². The van der Waals surface area contributed by atoms with Gasteiger partial charge in [0.05, 0.1) is 17.5 Å². The molecule has 5 nitrogen and oxygen atoms in total. The van der Waals surface area contributed by atoms with Gasteiger partial charge in [-0.3, -0.25) is 0 Å². The molecule has 0 radical (unpaired) electrons. The first-order valence-electron chi connectivity index (χ1n) is 4.03. The van der Waals surface area contributed by atoms with Crippen molar-refractivity contribution in [2.75, 3.05) is 0 Å². The number of carbonyl (C=O) groups is 1. The topological polar surface area (TPSA) is 76.5 Å². The van der Waals surface area contributed by atoms with Crippen LogP contribution in [0.3, 0.4) is 0 Å². The first kappa shape index (κ1) is 9.79. The van der Waals surface area contributed by atoms with Crippen molar-refractivity contribution in [2.24, 2.45) is 0 Å². The molecule has 2 heterocycles. The second kappa shape index (κ2) is 3.43. The second-order valence-corrected chi connectivity index (χ2v) is 3.19. The van der Waals surface area contributed by atoms with E-state index in [0.29, 0.717) is 11.3 Å². The molecule has 2 rings (SSSR count). The molecule has 0 amide bonds. The summed E-state index contributed by atoms with van der Waals surface area (Å²) in [7, 11) is 0. The standard InChI is InChI=1S/C9H6ClNO4/c1-4-6(9(12)13)15-8(11-4)5-2-3-14-7(5)10/h2-3H,1H3,(H,12,13). The lowest BCUT2D eigenvalue weighted by atomic mass is 10.3. The van der Waals surface area contributed by atoms with Gasteiger partial charge in [-0.15, -0.1) is 0 Å². The summed E-state index contributed by atoms with van der Waals surface area (Å²) in [5.74, 6) is -1.21. The van der Waals surface area contributed by atoms with Crippen LogP contribution < -0.4 is 0 Å². The highest BCUT2D eigenvalue weighted by atomic mass is 35.5. The van der Waals surface area contributed by atoms with Crippen LogP contribution in [-0.4, -0.2) is 16.1 Å². The van der Waals surface area contributed by atoms with Crippen molar-refractivity contribution in [3.05, 3.63) is 29.0 Å². The minimum Gasteiger partial charge on any atom is -0.475 e. The van der Waals surface area contributed by atoms with E-state index < -0.39 is 5.97 Å². The number of oxazole rings is 1. The van der Waals surface area contributed by atoms with Crippen molar-refractivity contribution >= 4 is 17.6 Å². The van der Waals surface area contributed by atoms with E-state index >= 15 is 0 Å². The third-order valence-electron chi connectivity index (χ3n) is 1.84. The minimum absolute atomic E-state index is 0.119. The Morgan fingerprint density at radius 2 is 2.33 bits per heavy atom. The lowest BCUT2D eigenvalue weighted by molar-refractivity contribution is 0.0662. The fourth-order valence-corrected chi connectivity index (χ4v) is 1.35. The van der Waals surface area contributed by atoms with Gasteiger partial charge in [-0.25, -0.2) is 9.78 Å². The van der Waals surface area contributed by atoms with Crippen LogP contribution in [0.25, 0.3) is 11.5 Å². The number of furan rings is 1. The molecule has 0 atom stereocenters. The smallest absolute Gasteiger partial charge is 0.373 e. The summed E-state index contributed by atoms with van der Waals surface area (Å²) in [5.41, 5.74) is 0.738. The fourth-order valence-electron chi connectivity index (χ4n) is 1.16. The molecule has 0 unspecified atom stereocenters. The summed E-state index contributed by atoms with van der Waals surface area (Å²) >= 11 is 5.70. The zero-order chi connectivity index (χ0) is 11.0. The van der Waals surface area contributed by atoms with Gasteiger partial charge in [0, 0.05) is 0 Å². The maximum absolute atomic E-state index is 10.7. The van der Waals surface area contributed by atoms with Gasteiger partial charge in [0.15, 0.2) is 0 Å². The highest BCUT2D eigenvalue weighted by Crippen LogP contribution is 2.29. The molecule has 2 aromatic rings. The van der Waals surface area contributed by atoms with Gasteiger partial charge in [-0.1, -0.05) is 0 Å². The molecule has 78 valence electrons. The zero-order valence-electron chi connectivity index (χ0n) is 7.65. The van der Waals surface area contributed by atoms with Gasteiger partial charge < -0.3 is 13.9 Å². The number of aromatic nitrogens is 1. The molecule has 0 saturated heterocycles. The Morgan fingerprint density at radius 1 is 1.60 bits per heavy atom. The van der Waals surface area contributed by atoms with E-state index in [-0.39, 0.29) is 16.9 Å². The highest BCUT2D eigenvalue weighted by molar-refractivity contribution is 6.31. The van der Waals surface area contributed by atoms with Crippen molar-refractivity contribution < 1.29 is 18.7 Å². The molecule has 0 spiro atoms. The summed E-state index contributed by atoms with van der Waals surface area (Å²) < 4.78 is 9.89. The Labute approximate surface area is 89.3 Å². The molecule has 0 aliphatic heterocycles. The van der Waals surface area contributed by atoms with Crippen molar-refractivity contribution in [3.63, 3.8) is 0 Å². The monoisotopic (exact) mass is 227 g/mol. The van der Waals surface area contributed by atoms with Gasteiger partial charge in [-0.2, -0.15) is 0 Å². The average molecular weight is 228 g/mol. The third kappa shape index (κ3) is 1.61. The highest BCUT2D eigenvalue weighted by Gasteiger charge is 2.19. The van der Waals surface area contributed by atoms with E-state index in [1.807, 2.05) is 0 Å². The molecular weight excluding hydrogens is 222 g/mol. The Morgan fingerprint density at radius 3 is 2.80 bits per heavy atom. The first-order valence-corrected chi connectivity index (χ1v) is 4.41. The number of halogens is 1. The van der Waals surface area contributed by atoms with E-state index in [9.17, 15) is 4.79 Å². The lowest BCUT2D eigenvalue weighted by Crippen LogP contribution is -1.95. The molecule has 0 aliphatic rings. The molecule has 6 heteroatoms. The van der Waals surface area contributed by atoms with Crippen LogP contribution in [0.15, 0.2) is 21.2 Å². The largest absolute Gasteiger partial charge is 0.475 e. The number of carboxylic acids is 1. The summed E-state index contributed by atoms with van der Waals surface area (Å²) in [6.07, 6.45) is 1.37. The van der Waals surface area contributed by atoms with Gasteiger partial charge in [0.2, 0.25) is 16.9 Å². The number of rotatable bonds is 2. The first-order chi connectivity index (χ1) is 7.09.